The van der Waals surface area contributed by atoms with E-state index >= 15 is 0 Å². The zero-order valence-electron chi connectivity index (χ0n) is 67.3. The number of hydrogen-bond acceptors (Lipinski definition) is 4. The Hall–Kier alpha value is -15.4. The summed E-state index contributed by atoms with van der Waals surface area (Å²) in [4.78, 5) is 9.86. The molecule has 20 aromatic rings. The zero-order chi connectivity index (χ0) is 81.2. The smallest absolute Gasteiger partial charge is 0.184 e. The molecule has 0 saturated carbocycles. The van der Waals surface area contributed by atoms with Crippen molar-refractivity contribution >= 4 is 147 Å². The van der Waals surface area contributed by atoms with Crippen molar-refractivity contribution in [2.45, 2.75) is 0 Å². The fourth-order valence-electron chi connectivity index (χ4n) is 19.3. The van der Waals surface area contributed by atoms with Gasteiger partial charge in [0, 0.05) is 68.1 Å². The first-order valence-electron chi connectivity index (χ1n) is 42.0. The van der Waals surface area contributed by atoms with Crippen molar-refractivity contribution in [3.63, 3.8) is 0 Å². The molecule has 0 amide bonds. The van der Waals surface area contributed by atoms with E-state index in [1.807, 2.05) is 0 Å². The molecule has 0 saturated heterocycles. The quantitative estimate of drug-likeness (QED) is 0.0894. The summed E-state index contributed by atoms with van der Waals surface area (Å²) in [5.41, 5.74) is 23.2. The summed E-state index contributed by atoms with van der Waals surface area (Å²) < 4.78 is 0. The van der Waals surface area contributed by atoms with E-state index in [9.17, 15) is 0 Å². The lowest BCUT2D eigenvalue weighted by Crippen LogP contribution is -2.77. The van der Waals surface area contributed by atoms with Gasteiger partial charge < -0.3 is 19.6 Å². The predicted octanol–water partition coefficient (Wildman–Crippen LogP) is 25.6. The van der Waals surface area contributed by atoms with Crippen LogP contribution in [0.1, 0.15) is 0 Å². The number of hydrogen-bond donors (Lipinski definition) is 0. The number of anilines is 12. The molecule has 0 atom stereocenters. The first kappa shape index (κ1) is 74.1. The Morgan fingerprint density at radius 2 is 0.451 bits per heavy atom. The summed E-state index contributed by atoms with van der Waals surface area (Å²) in [6, 6.07) is 187. The van der Waals surface area contributed by atoms with Crippen LogP contribution in [0.15, 0.2) is 510 Å². The highest BCUT2D eigenvalue weighted by molar-refractivity contribution is 7.22. The number of para-hydroxylation sites is 5. The van der Waals surface area contributed by atoms with E-state index in [0.29, 0.717) is 0 Å². The molecular formula is C116H84N4Si2. The fourth-order valence-corrected chi connectivity index (χ4v) is 29.4. The standard InChI is InChI=1S/2C58H42N2Si/c1-5-20-44(21-6-1)53-31-15-16-33-54(53)59(47-38-36-45(37-39-47)52-32-19-23-43-22-13-14-30-51(43)52)48-40-41-58-56(42-48)60(46-24-7-2-8-25-46)55-34-17-18-35-57(55)61(58,49-26-9-3-10-27-49)50-28-11-4-12-29-50;1-5-18-43(19-6-1)44-32-36-48(37-33-44)59(49-38-34-46(35-39-49)54-29-17-21-45-20-13-14-28-53(45)54)50-40-41-58-56(42-50)60(47-22-7-2-8-23-47)55-30-15-16-31-57(55)61(58,51-24-9-3-10-25-51)52-26-11-4-12-27-52/h2*1-42H. The van der Waals surface area contributed by atoms with Gasteiger partial charge in [-0.15, -0.1) is 0 Å². The minimum Gasteiger partial charge on any atom is -0.311 e. The summed E-state index contributed by atoms with van der Waals surface area (Å²) in [7, 11) is -5.70. The van der Waals surface area contributed by atoms with Crippen LogP contribution in [-0.4, -0.2) is 16.1 Å². The minimum absolute atomic E-state index is 1.09. The summed E-state index contributed by atoms with van der Waals surface area (Å²) in [6.07, 6.45) is 0. The summed E-state index contributed by atoms with van der Waals surface area (Å²) in [5, 5.41) is 16.0. The van der Waals surface area contributed by atoms with Crippen LogP contribution in [0.25, 0.3) is 66.1 Å². The molecule has 0 spiro atoms. The van der Waals surface area contributed by atoms with Gasteiger partial charge in [0.15, 0.2) is 16.1 Å². The van der Waals surface area contributed by atoms with Crippen LogP contribution in [-0.2, 0) is 0 Å². The Bertz CT molecular complexity index is 7020. The van der Waals surface area contributed by atoms with Gasteiger partial charge in [-0.25, -0.2) is 0 Å². The van der Waals surface area contributed by atoms with Crippen molar-refractivity contribution in [3.8, 4) is 44.5 Å². The summed E-state index contributed by atoms with van der Waals surface area (Å²) >= 11 is 0. The average molecular weight is 1590 g/mol. The van der Waals surface area contributed by atoms with Crippen LogP contribution in [0.2, 0.25) is 0 Å². The molecule has 22 rings (SSSR count). The van der Waals surface area contributed by atoms with Crippen LogP contribution in [0, 0.1) is 0 Å². The van der Waals surface area contributed by atoms with Crippen molar-refractivity contribution in [1.82, 2.24) is 0 Å². The highest BCUT2D eigenvalue weighted by atomic mass is 28.3. The van der Waals surface area contributed by atoms with Gasteiger partial charge in [-0.05, 0) is 205 Å². The van der Waals surface area contributed by atoms with Gasteiger partial charge in [0.25, 0.3) is 0 Å². The first-order valence-corrected chi connectivity index (χ1v) is 46.0. The van der Waals surface area contributed by atoms with E-state index < -0.39 is 16.1 Å². The summed E-state index contributed by atoms with van der Waals surface area (Å²) in [5.74, 6) is 0. The molecule has 6 heteroatoms. The van der Waals surface area contributed by atoms with Crippen LogP contribution in [0.4, 0.5) is 68.2 Å². The van der Waals surface area contributed by atoms with Gasteiger partial charge in [0.2, 0.25) is 0 Å². The molecule has 2 aliphatic rings. The summed E-state index contributed by atoms with van der Waals surface area (Å²) in [6.45, 7) is 0. The van der Waals surface area contributed by atoms with Crippen LogP contribution >= 0.6 is 0 Å². The fraction of sp³-hybridized carbons (Fsp3) is 0. The highest BCUT2D eigenvalue weighted by Crippen LogP contribution is 2.48. The van der Waals surface area contributed by atoms with Crippen molar-refractivity contribution < 1.29 is 0 Å². The van der Waals surface area contributed by atoms with Crippen molar-refractivity contribution in [3.05, 3.63) is 510 Å². The molecule has 122 heavy (non-hydrogen) atoms. The van der Waals surface area contributed by atoms with Crippen molar-refractivity contribution in [2.75, 3.05) is 19.6 Å². The molecule has 2 aliphatic heterocycles. The number of nitrogens with zero attached hydrogens (tertiary/aromatic N) is 4. The van der Waals surface area contributed by atoms with Gasteiger partial charge in [-0.1, -0.05) is 406 Å². The number of rotatable bonds is 16. The molecule has 2 heterocycles. The Balaban J connectivity index is 0.000000150. The van der Waals surface area contributed by atoms with Crippen LogP contribution in [0.5, 0.6) is 0 Å². The van der Waals surface area contributed by atoms with Crippen molar-refractivity contribution in [1.29, 1.82) is 0 Å². The Kier molecular flexibility index (Phi) is 19.7. The van der Waals surface area contributed by atoms with E-state index in [4.69, 9.17) is 0 Å². The van der Waals surface area contributed by atoms with Gasteiger partial charge in [-0.2, -0.15) is 0 Å². The Morgan fingerprint density at radius 1 is 0.172 bits per heavy atom. The topological polar surface area (TPSA) is 13.0 Å². The normalized spacial score (nSPS) is 12.7. The lowest BCUT2D eigenvalue weighted by atomic mass is 9.97. The third kappa shape index (κ3) is 13.2. The van der Waals surface area contributed by atoms with Crippen LogP contribution in [0.3, 0.4) is 0 Å². The van der Waals surface area contributed by atoms with Gasteiger partial charge in [0.05, 0.1) is 5.69 Å². The van der Waals surface area contributed by atoms with E-state index in [1.165, 1.54) is 130 Å². The second-order valence-electron chi connectivity index (χ2n) is 31.4. The average Bonchev–Trinajstić information content (AvgIpc) is 0.697. The molecule has 0 fully saturated rings. The predicted molar refractivity (Wildman–Crippen MR) is 523 cm³/mol. The molecule has 0 bridgehead atoms. The lowest BCUT2D eigenvalue weighted by Gasteiger charge is -2.45. The van der Waals surface area contributed by atoms with Crippen molar-refractivity contribution in [2.24, 2.45) is 0 Å². The second-order valence-corrected chi connectivity index (χ2v) is 38.8. The molecule has 576 valence electrons. The van der Waals surface area contributed by atoms with Gasteiger partial charge in [0.1, 0.15) is 0 Å². The van der Waals surface area contributed by atoms with E-state index in [0.717, 1.165) is 45.5 Å². The van der Waals surface area contributed by atoms with Gasteiger partial charge in [-0.3, -0.25) is 0 Å². The minimum atomic E-state index is -2.86. The van der Waals surface area contributed by atoms with Gasteiger partial charge >= 0.3 is 0 Å². The first-order chi connectivity index (χ1) is 60.6. The molecule has 4 nitrogen and oxygen atoms in total. The third-order valence-corrected chi connectivity index (χ3v) is 34.4. The second kappa shape index (κ2) is 32.5. The molecule has 0 aliphatic carbocycles. The molecule has 0 unspecified atom stereocenters. The van der Waals surface area contributed by atoms with E-state index in [-0.39, 0.29) is 0 Å². The largest absolute Gasteiger partial charge is 0.311 e. The SMILES string of the molecule is c1ccc(-c2ccc(N(c3ccc(-c4cccc5ccccc45)cc3)c3ccc4c(c3)N(c3ccccc3)c3ccccc3[Si]4(c3ccccc3)c3ccccc3)cc2)cc1.c1ccc(-c2ccccc2N(c2ccc(-c3cccc4ccccc34)cc2)c2ccc3c(c2)N(c2ccccc2)c2ccccc2[Si]3(c2ccccc2)c2ccccc2)cc1. The maximum absolute atomic E-state index is 2.86. The van der Waals surface area contributed by atoms with Crippen LogP contribution < -0.4 is 61.1 Å². The third-order valence-electron chi connectivity index (χ3n) is 24.6. The molecule has 0 N–H and O–H groups in total. The highest BCUT2D eigenvalue weighted by Gasteiger charge is 2.51. The monoisotopic (exact) mass is 1590 g/mol. The maximum atomic E-state index is 2.50. The molecule has 20 aromatic carbocycles. The maximum Gasteiger partial charge on any atom is 0.184 e. The molecule has 0 radical (unpaired) electrons. The zero-order valence-corrected chi connectivity index (χ0v) is 69.3. The Labute approximate surface area is 716 Å². The van der Waals surface area contributed by atoms with E-state index in [1.54, 1.807) is 0 Å². The molecule has 0 aromatic heterocycles. The Morgan fingerprint density at radius 3 is 0.877 bits per heavy atom. The number of benzene rings is 20. The van der Waals surface area contributed by atoms with E-state index in [2.05, 4.69) is 529 Å². The number of fused-ring (bicyclic) bond motifs is 6. The molecular weight excluding hydrogens is 1510 g/mol. The lowest BCUT2D eigenvalue weighted by molar-refractivity contribution is 1.25.